The van der Waals surface area contributed by atoms with Crippen LogP contribution in [0.3, 0.4) is 0 Å². The maximum absolute atomic E-state index is 3.45. The fourth-order valence-electron chi connectivity index (χ4n) is 0.999. The highest BCUT2D eigenvalue weighted by Crippen LogP contribution is 2.21. The number of hydrogen-bond acceptors (Lipinski definition) is 2. The van der Waals surface area contributed by atoms with Crippen LogP contribution in [-0.4, -0.2) is 13.1 Å². The Bertz CT molecular complexity index is 222. The van der Waals surface area contributed by atoms with Gasteiger partial charge in [-0.25, -0.2) is 0 Å². The van der Waals surface area contributed by atoms with Gasteiger partial charge in [-0.3, -0.25) is 0 Å². The number of nitrogens with one attached hydrogen (secondary N) is 1. The second kappa shape index (κ2) is 5.73. The summed E-state index contributed by atoms with van der Waals surface area (Å²) < 4.78 is 1.23. The summed E-state index contributed by atoms with van der Waals surface area (Å²) in [5.41, 5.74) is 0. The Morgan fingerprint density at radius 2 is 2.25 bits per heavy atom. The van der Waals surface area contributed by atoms with Gasteiger partial charge in [-0.05, 0) is 54.0 Å². The van der Waals surface area contributed by atoms with Gasteiger partial charge in [0.2, 0.25) is 0 Å². The molecule has 0 atom stereocenters. The Kier molecular flexibility index (Phi) is 4.88. The number of halogens is 1. The van der Waals surface area contributed by atoms with Gasteiger partial charge in [-0.1, -0.05) is 6.92 Å². The second-order valence-electron chi connectivity index (χ2n) is 2.71. The van der Waals surface area contributed by atoms with Gasteiger partial charge < -0.3 is 5.32 Å². The van der Waals surface area contributed by atoms with Crippen LogP contribution in [0.25, 0.3) is 0 Å². The van der Waals surface area contributed by atoms with Gasteiger partial charge in [0.1, 0.15) is 0 Å². The lowest BCUT2D eigenvalue weighted by molar-refractivity contribution is 0.674. The minimum atomic E-state index is 1.10. The van der Waals surface area contributed by atoms with Crippen LogP contribution in [-0.2, 0) is 6.42 Å². The maximum atomic E-state index is 3.45. The van der Waals surface area contributed by atoms with Crippen LogP contribution < -0.4 is 5.32 Å². The summed E-state index contributed by atoms with van der Waals surface area (Å²) in [4.78, 5) is 1.45. The van der Waals surface area contributed by atoms with Crippen LogP contribution in [0.15, 0.2) is 15.9 Å². The summed E-state index contributed by atoms with van der Waals surface area (Å²) >= 11 is 5.28. The van der Waals surface area contributed by atoms with E-state index in [-0.39, 0.29) is 0 Å². The van der Waals surface area contributed by atoms with E-state index in [9.17, 15) is 0 Å². The molecular formula is C9H14BrNS. The normalized spacial score (nSPS) is 10.5. The van der Waals surface area contributed by atoms with Crippen molar-refractivity contribution >= 4 is 27.3 Å². The quantitative estimate of drug-likeness (QED) is 0.790. The maximum Gasteiger partial charge on any atom is 0.0701 e. The third kappa shape index (κ3) is 3.70. The summed E-state index contributed by atoms with van der Waals surface area (Å²) in [6.07, 6.45) is 2.37. The van der Waals surface area contributed by atoms with Crippen LogP contribution in [0.2, 0.25) is 0 Å². The van der Waals surface area contributed by atoms with Crippen molar-refractivity contribution in [2.75, 3.05) is 13.1 Å². The van der Waals surface area contributed by atoms with E-state index in [2.05, 4.69) is 40.3 Å². The molecule has 0 saturated heterocycles. The smallest absolute Gasteiger partial charge is 0.0701 e. The van der Waals surface area contributed by atoms with E-state index >= 15 is 0 Å². The lowest BCUT2D eigenvalue weighted by Gasteiger charge is -1.99. The van der Waals surface area contributed by atoms with E-state index in [1.807, 2.05) is 11.3 Å². The van der Waals surface area contributed by atoms with Crippen molar-refractivity contribution in [1.82, 2.24) is 5.32 Å². The van der Waals surface area contributed by atoms with Gasteiger partial charge in [0, 0.05) is 4.88 Å². The van der Waals surface area contributed by atoms with Crippen LogP contribution in [0.1, 0.15) is 18.2 Å². The molecule has 0 aliphatic carbocycles. The van der Waals surface area contributed by atoms with Gasteiger partial charge in [0.15, 0.2) is 0 Å². The molecule has 12 heavy (non-hydrogen) atoms. The molecular weight excluding hydrogens is 234 g/mol. The van der Waals surface area contributed by atoms with Crippen molar-refractivity contribution < 1.29 is 0 Å². The first-order valence-corrected chi connectivity index (χ1v) is 5.89. The number of rotatable bonds is 5. The Balaban J connectivity index is 2.15. The van der Waals surface area contributed by atoms with E-state index in [0.717, 1.165) is 19.5 Å². The number of thiophene rings is 1. The molecule has 0 spiro atoms. The van der Waals surface area contributed by atoms with Gasteiger partial charge >= 0.3 is 0 Å². The van der Waals surface area contributed by atoms with Gasteiger partial charge in [-0.15, -0.1) is 11.3 Å². The van der Waals surface area contributed by atoms with E-state index in [4.69, 9.17) is 0 Å². The van der Waals surface area contributed by atoms with Gasteiger partial charge in [-0.2, -0.15) is 0 Å². The van der Waals surface area contributed by atoms with Gasteiger partial charge in [0.05, 0.1) is 3.79 Å². The van der Waals surface area contributed by atoms with Crippen molar-refractivity contribution in [2.45, 2.75) is 19.8 Å². The van der Waals surface area contributed by atoms with Crippen molar-refractivity contribution in [2.24, 2.45) is 0 Å². The highest BCUT2D eigenvalue weighted by atomic mass is 79.9. The zero-order valence-corrected chi connectivity index (χ0v) is 9.67. The predicted octanol–water partition coefficient (Wildman–Crippen LogP) is 3.05. The first kappa shape index (κ1) is 10.2. The zero-order chi connectivity index (χ0) is 8.81. The van der Waals surface area contributed by atoms with Crippen molar-refractivity contribution in [3.63, 3.8) is 0 Å². The van der Waals surface area contributed by atoms with Gasteiger partial charge in [0.25, 0.3) is 0 Å². The topological polar surface area (TPSA) is 12.0 Å². The Labute approximate surface area is 86.3 Å². The fourth-order valence-corrected chi connectivity index (χ4v) is 2.48. The standard InChI is InChI=1S/C9H14BrNS/c1-2-6-11-7-5-8-3-4-9(10)12-8/h3-4,11H,2,5-7H2,1H3. The van der Waals surface area contributed by atoms with Crippen molar-refractivity contribution in [3.8, 4) is 0 Å². The van der Waals surface area contributed by atoms with E-state index < -0.39 is 0 Å². The third-order valence-electron chi connectivity index (χ3n) is 1.60. The minimum absolute atomic E-state index is 1.10. The summed E-state index contributed by atoms with van der Waals surface area (Å²) in [6, 6.07) is 4.29. The minimum Gasteiger partial charge on any atom is -0.316 e. The molecule has 3 heteroatoms. The lowest BCUT2D eigenvalue weighted by atomic mass is 10.3. The summed E-state index contributed by atoms with van der Waals surface area (Å²) in [5.74, 6) is 0. The molecule has 1 aromatic heterocycles. The first-order chi connectivity index (χ1) is 5.83. The molecule has 0 fully saturated rings. The van der Waals surface area contributed by atoms with Crippen molar-refractivity contribution in [1.29, 1.82) is 0 Å². The molecule has 1 aromatic rings. The third-order valence-corrected chi connectivity index (χ3v) is 3.29. The predicted molar refractivity (Wildman–Crippen MR) is 58.9 cm³/mol. The molecule has 0 aliphatic heterocycles. The first-order valence-electron chi connectivity index (χ1n) is 4.28. The van der Waals surface area contributed by atoms with Crippen molar-refractivity contribution in [3.05, 3.63) is 20.8 Å². The SMILES string of the molecule is CCCNCCc1ccc(Br)s1. The highest BCUT2D eigenvalue weighted by Gasteiger charge is 1.95. The highest BCUT2D eigenvalue weighted by molar-refractivity contribution is 9.11. The van der Waals surface area contributed by atoms with Crippen LogP contribution in [0, 0.1) is 0 Å². The molecule has 68 valence electrons. The molecule has 0 saturated carbocycles. The molecule has 1 rings (SSSR count). The second-order valence-corrected chi connectivity index (χ2v) is 5.25. The molecule has 0 amide bonds. The summed E-state index contributed by atoms with van der Waals surface area (Å²) in [6.45, 7) is 4.42. The lowest BCUT2D eigenvalue weighted by Crippen LogP contribution is -2.17. The van der Waals surface area contributed by atoms with Crippen LogP contribution in [0.4, 0.5) is 0 Å². The molecule has 1 heterocycles. The summed E-state index contributed by atoms with van der Waals surface area (Å²) in [7, 11) is 0. The van der Waals surface area contributed by atoms with E-state index in [1.54, 1.807) is 0 Å². The molecule has 0 aromatic carbocycles. The largest absolute Gasteiger partial charge is 0.316 e. The molecule has 1 N–H and O–H groups in total. The van der Waals surface area contributed by atoms with Crippen LogP contribution in [0.5, 0.6) is 0 Å². The molecule has 0 unspecified atom stereocenters. The zero-order valence-electron chi connectivity index (χ0n) is 7.27. The molecule has 0 radical (unpaired) electrons. The summed E-state index contributed by atoms with van der Waals surface area (Å²) in [5, 5.41) is 3.38. The Morgan fingerprint density at radius 3 is 2.83 bits per heavy atom. The molecule has 0 aliphatic rings. The average Bonchev–Trinajstić information content (AvgIpc) is 2.45. The van der Waals surface area contributed by atoms with E-state index in [1.165, 1.54) is 15.1 Å². The number of hydrogen-bond donors (Lipinski definition) is 1. The molecule has 1 nitrogen and oxygen atoms in total. The van der Waals surface area contributed by atoms with Crippen LogP contribution >= 0.6 is 27.3 Å². The fraction of sp³-hybridized carbons (Fsp3) is 0.556. The average molecular weight is 248 g/mol. The van der Waals surface area contributed by atoms with E-state index in [0.29, 0.717) is 0 Å². The monoisotopic (exact) mass is 247 g/mol. The molecule has 0 bridgehead atoms. The Hall–Kier alpha value is 0.140. The Morgan fingerprint density at radius 1 is 1.42 bits per heavy atom.